The summed E-state index contributed by atoms with van der Waals surface area (Å²) in [7, 11) is 2.16. The van der Waals surface area contributed by atoms with Crippen LogP contribution in [0.15, 0.2) is 12.2 Å². The smallest absolute Gasteiger partial charge is 0.136 e. The maximum atomic E-state index is 4.78. The van der Waals surface area contributed by atoms with E-state index in [0.29, 0.717) is 0 Å². The highest BCUT2D eigenvalue weighted by Gasteiger charge is 2.18. The van der Waals surface area contributed by atoms with Crippen LogP contribution in [0.4, 0.5) is 0 Å². The van der Waals surface area contributed by atoms with E-state index in [-0.39, 0.29) is 0 Å². The monoisotopic (exact) mass is 214 g/mol. The standard InChI is InChI=1S/C14H18N2/c1-16-13-10-6-5-9-12(13)15-14(16)11-7-3-2-4-8-11/h5,7,9H,2-4,6,8,10H2,1H3. The molecule has 84 valence electrons. The van der Waals surface area contributed by atoms with Crippen molar-refractivity contribution in [2.24, 2.45) is 7.05 Å². The molecule has 2 aliphatic rings. The highest BCUT2D eigenvalue weighted by molar-refractivity contribution is 5.64. The Morgan fingerprint density at radius 1 is 1.19 bits per heavy atom. The van der Waals surface area contributed by atoms with Gasteiger partial charge in [0.25, 0.3) is 0 Å². The summed E-state index contributed by atoms with van der Waals surface area (Å²) >= 11 is 0. The van der Waals surface area contributed by atoms with Gasteiger partial charge in [0, 0.05) is 12.7 Å². The molecule has 1 aromatic rings. The van der Waals surface area contributed by atoms with E-state index in [1.807, 2.05) is 0 Å². The quantitative estimate of drug-likeness (QED) is 0.701. The number of allylic oxidation sites excluding steroid dienone is 3. The summed E-state index contributed by atoms with van der Waals surface area (Å²) in [6.45, 7) is 0. The first kappa shape index (κ1) is 9.88. The second kappa shape index (κ2) is 3.93. The molecule has 0 unspecified atom stereocenters. The zero-order valence-corrected chi connectivity index (χ0v) is 9.87. The molecule has 0 N–H and O–H groups in total. The summed E-state index contributed by atoms with van der Waals surface area (Å²) < 4.78 is 2.30. The van der Waals surface area contributed by atoms with Crippen LogP contribution < -0.4 is 0 Å². The van der Waals surface area contributed by atoms with Gasteiger partial charge in [0.15, 0.2) is 0 Å². The molecule has 0 radical (unpaired) electrons. The molecule has 0 atom stereocenters. The normalized spacial score (nSPS) is 19.4. The fourth-order valence-corrected chi connectivity index (χ4v) is 2.73. The van der Waals surface area contributed by atoms with Gasteiger partial charge in [0.2, 0.25) is 0 Å². The largest absolute Gasteiger partial charge is 0.331 e. The van der Waals surface area contributed by atoms with Crippen LogP contribution in [0.1, 0.15) is 49.3 Å². The Labute approximate surface area is 96.7 Å². The zero-order valence-electron chi connectivity index (χ0n) is 9.87. The average Bonchev–Trinajstić information content (AvgIpc) is 2.69. The molecule has 2 aliphatic carbocycles. The lowest BCUT2D eigenvalue weighted by atomic mass is 9.99. The second-order valence-corrected chi connectivity index (χ2v) is 4.74. The Hall–Kier alpha value is -1.31. The van der Waals surface area contributed by atoms with Crippen molar-refractivity contribution in [3.8, 4) is 0 Å². The summed E-state index contributed by atoms with van der Waals surface area (Å²) in [6.07, 6.45) is 14.2. The average molecular weight is 214 g/mol. The van der Waals surface area contributed by atoms with Crippen LogP contribution in [0.5, 0.6) is 0 Å². The molecule has 1 aromatic heterocycles. The predicted molar refractivity (Wildman–Crippen MR) is 67.0 cm³/mol. The number of nitrogens with zero attached hydrogens (tertiary/aromatic N) is 2. The van der Waals surface area contributed by atoms with E-state index in [9.17, 15) is 0 Å². The molecule has 0 aromatic carbocycles. The van der Waals surface area contributed by atoms with E-state index in [2.05, 4.69) is 29.8 Å². The van der Waals surface area contributed by atoms with Crippen molar-refractivity contribution in [1.29, 1.82) is 0 Å². The zero-order chi connectivity index (χ0) is 11.0. The molecule has 2 heteroatoms. The Bertz CT molecular complexity index is 463. The summed E-state index contributed by atoms with van der Waals surface area (Å²) in [5.74, 6) is 1.20. The van der Waals surface area contributed by atoms with Gasteiger partial charge < -0.3 is 4.57 Å². The van der Waals surface area contributed by atoms with Gasteiger partial charge in [-0.1, -0.05) is 12.2 Å². The molecular weight excluding hydrogens is 196 g/mol. The van der Waals surface area contributed by atoms with Crippen LogP contribution in [0.3, 0.4) is 0 Å². The number of imidazole rings is 1. The Kier molecular flexibility index (Phi) is 2.43. The van der Waals surface area contributed by atoms with E-state index in [0.717, 1.165) is 12.8 Å². The van der Waals surface area contributed by atoms with Crippen molar-refractivity contribution >= 4 is 11.6 Å². The van der Waals surface area contributed by atoms with Crippen molar-refractivity contribution in [1.82, 2.24) is 9.55 Å². The molecule has 0 saturated carbocycles. The topological polar surface area (TPSA) is 17.8 Å². The van der Waals surface area contributed by atoms with Crippen molar-refractivity contribution in [3.05, 3.63) is 29.4 Å². The lowest BCUT2D eigenvalue weighted by Crippen LogP contribution is -2.04. The minimum Gasteiger partial charge on any atom is -0.331 e. The molecule has 0 fully saturated rings. The third-order valence-electron chi connectivity index (χ3n) is 3.65. The van der Waals surface area contributed by atoms with Crippen molar-refractivity contribution in [3.63, 3.8) is 0 Å². The van der Waals surface area contributed by atoms with E-state index < -0.39 is 0 Å². The van der Waals surface area contributed by atoms with Crippen LogP contribution in [0.25, 0.3) is 11.6 Å². The van der Waals surface area contributed by atoms with Crippen molar-refractivity contribution in [2.75, 3.05) is 0 Å². The highest BCUT2D eigenvalue weighted by Crippen LogP contribution is 2.29. The Morgan fingerprint density at radius 3 is 2.88 bits per heavy atom. The number of fused-ring (bicyclic) bond motifs is 1. The highest BCUT2D eigenvalue weighted by atomic mass is 15.1. The first-order valence-corrected chi connectivity index (χ1v) is 6.28. The lowest BCUT2D eigenvalue weighted by Gasteiger charge is -2.13. The number of rotatable bonds is 1. The molecule has 16 heavy (non-hydrogen) atoms. The third kappa shape index (κ3) is 1.53. The minimum atomic E-state index is 1.14. The third-order valence-corrected chi connectivity index (χ3v) is 3.65. The van der Waals surface area contributed by atoms with Gasteiger partial charge >= 0.3 is 0 Å². The number of hydrogen-bond acceptors (Lipinski definition) is 1. The van der Waals surface area contributed by atoms with E-state index >= 15 is 0 Å². The van der Waals surface area contributed by atoms with Crippen molar-refractivity contribution in [2.45, 2.75) is 38.5 Å². The Balaban J connectivity index is 2.05. The Morgan fingerprint density at radius 2 is 2.12 bits per heavy atom. The summed E-state index contributed by atoms with van der Waals surface area (Å²) in [5.41, 5.74) is 4.05. The van der Waals surface area contributed by atoms with Gasteiger partial charge in [-0.25, -0.2) is 4.98 Å². The molecular formula is C14H18N2. The summed E-state index contributed by atoms with van der Waals surface area (Å²) in [6, 6.07) is 0. The SMILES string of the molecule is Cn1c(C2=CCCCC2)nc2c1CCC=C2. The van der Waals surface area contributed by atoms with Gasteiger partial charge in [0.05, 0.1) is 5.69 Å². The van der Waals surface area contributed by atoms with Crippen LogP contribution >= 0.6 is 0 Å². The fraction of sp³-hybridized carbons (Fsp3) is 0.500. The van der Waals surface area contributed by atoms with Crippen LogP contribution in [-0.2, 0) is 13.5 Å². The molecule has 3 rings (SSSR count). The maximum absolute atomic E-state index is 4.78. The minimum absolute atomic E-state index is 1.14. The van der Waals surface area contributed by atoms with E-state index in [1.165, 1.54) is 48.5 Å². The molecule has 0 amide bonds. The molecule has 1 heterocycles. The fourth-order valence-electron chi connectivity index (χ4n) is 2.73. The molecule has 0 spiro atoms. The van der Waals surface area contributed by atoms with E-state index in [4.69, 9.17) is 4.98 Å². The van der Waals surface area contributed by atoms with Gasteiger partial charge in [-0.2, -0.15) is 0 Å². The van der Waals surface area contributed by atoms with Gasteiger partial charge in [-0.05, 0) is 50.2 Å². The summed E-state index contributed by atoms with van der Waals surface area (Å²) in [4.78, 5) is 4.78. The van der Waals surface area contributed by atoms with E-state index in [1.54, 1.807) is 0 Å². The maximum Gasteiger partial charge on any atom is 0.136 e. The second-order valence-electron chi connectivity index (χ2n) is 4.74. The number of hydrogen-bond donors (Lipinski definition) is 0. The molecule has 0 bridgehead atoms. The molecule has 0 saturated heterocycles. The molecule has 0 aliphatic heterocycles. The first-order valence-electron chi connectivity index (χ1n) is 6.28. The first-order chi connectivity index (χ1) is 7.86. The van der Waals surface area contributed by atoms with Crippen LogP contribution in [-0.4, -0.2) is 9.55 Å². The van der Waals surface area contributed by atoms with Crippen molar-refractivity contribution < 1.29 is 0 Å². The van der Waals surface area contributed by atoms with Crippen LogP contribution in [0, 0.1) is 0 Å². The van der Waals surface area contributed by atoms with Gasteiger partial charge in [-0.15, -0.1) is 0 Å². The molecule has 2 nitrogen and oxygen atoms in total. The van der Waals surface area contributed by atoms with Gasteiger partial charge in [-0.3, -0.25) is 0 Å². The van der Waals surface area contributed by atoms with Gasteiger partial charge in [0.1, 0.15) is 5.82 Å². The predicted octanol–water partition coefficient (Wildman–Crippen LogP) is 3.34. The number of aromatic nitrogens is 2. The summed E-state index contributed by atoms with van der Waals surface area (Å²) in [5, 5.41) is 0. The van der Waals surface area contributed by atoms with Crippen LogP contribution in [0.2, 0.25) is 0 Å². The lowest BCUT2D eigenvalue weighted by molar-refractivity contribution is 0.723.